The maximum absolute atomic E-state index is 14.0. The number of hydrogen-bond donors (Lipinski definition) is 0. The Morgan fingerprint density at radius 3 is 2.69 bits per heavy atom. The van der Waals surface area contributed by atoms with Gasteiger partial charge in [-0.2, -0.15) is 0 Å². The topological polar surface area (TPSA) is 93.5 Å². The van der Waals surface area contributed by atoms with E-state index < -0.39 is 29.5 Å². The van der Waals surface area contributed by atoms with Crippen LogP contribution in [0.5, 0.6) is 0 Å². The molecule has 2 aromatic heterocycles. The minimum absolute atomic E-state index is 0.170. The van der Waals surface area contributed by atoms with Crippen LogP contribution in [0.3, 0.4) is 0 Å². The molecule has 2 atom stereocenters. The molecule has 188 valence electrons. The first-order chi connectivity index (χ1) is 17.3. The van der Waals surface area contributed by atoms with Crippen molar-refractivity contribution < 1.29 is 23.1 Å². The number of allylic oxidation sites excluding steroid dienone is 3. The standard InChI is InChI=1S/C25H26F2N6O3/c1-16(12-18(27)13-17(2)26)20-5-6-22-32(20)24(35)25(36-22)7-10-31(11-8-25)23(34)21-15-29-30-33(21)19-4-3-9-28-14-19/h3-4,9,12-15,20,22H,1,5-8,10-11H2,2H3/b17-13+,18-12+/t20-,22+/m0/s1. The average Bonchev–Trinajstić information content (AvgIpc) is 3.56. The molecule has 5 heterocycles. The molecule has 0 radical (unpaired) electrons. The number of hydrogen-bond acceptors (Lipinski definition) is 6. The van der Waals surface area contributed by atoms with Gasteiger partial charge in [0.25, 0.3) is 11.8 Å². The summed E-state index contributed by atoms with van der Waals surface area (Å²) in [6.45, 7) is 5.72. The summed E-state index contributed by atoms with van der Waals surface area (Å²) < 4.78 is 34.7. The zero-order chi connectivity index (χ0) is 25.4. The van der Waals surface area contributed by atoms with Gasteiger partial charge in [0.2, 0.25) is 0 Å². The van der Waals surface area contributed by atoms with Gasteiger partial charge < -0.3 is 14.5 Å². The van der Waals surface area contributed by atoms with Crippen LogP contribution >= 0.6 is 0 Å². The monoisotopic (exact) mass is 496 g/mol. The Morgan fingerprint density at radius 2 is 2.00 bits per heavy atom. The van der Waals surface area contributed by atoms with Crippen molar-refractivity contribution in [1.29, 1.82) is 0 Å². The van der Waals surface area contributed by atoms with E-state index in [1.165, 1.54) is 10.9 Å². The predicted octanol–water partition coefficient (Wildman–Crippen LogP) is 3.27. The van der Waals surface area contributed by atoms with E-state index in [9.17, 15) is 18.4 Å². The second-order valence-corrected chi connectivity index (χ2v) is 9.24. The van der Waals surface area contributed by atoms with Crippen LogP contribution in [0.2, 0.25) is 0 Å². The highest BCUT2D eigenvalue weighted by atomic mass is 19.1. The van der Waals surface area contributed by atoms with Crippen LogP contribution in [0, 0.1) is 0 Å². The Morgan fingerprint density at radius 1 is 1.22 bits per heavy atom. The Hall–Kier alpha value is -3.73. The molecule has 3 fully saturated rings. The Kier molecular flexibility index (Phi) is 6.25. The van der Waals surface area contributed by atoms with E-state index in [-0.39, 0.29) is 11.8 Å². The minimum Gasteiger partial charge on any atom is -0.342 e. The molecule has 0 saturated carbocycles. The predicted molar refractivity (Wildman–Crippen MR) is 125 cm³/mol. The SMILES string of the molecule is C=C(/C=C(F)\C=C(/C)F)[C@@H]1CC[C@H]2OC3(CCN(C(=O)c4cnnn4-c4cccnc4)CC3)C(=O)N21. The first-order valence-corrected chi connectivity index (χ1v) is 11.8. The van der Waals surface area contributed by atoms with Crippen molar-refractivity contribution in [2.45, 2.75) is 50.5 Å². The van der Waals surface area contributed by atoms with Gasteiger partial charge in [-0.25, -0.2) is 13.5 Å². The van der Waals surface area contributed by atoms with Gasteiger partial charge in [0.15, 0.2) is 11.3 Å². The smallest absolute Gasteiger partial charge is 0.274 e. The highest BCUT2D eigenvalue weighted by Crippen LogP contribution is 2.44. The number of pyridine rings is 1. The van der Waals surface area contributed by atoms with Crippen molar-refractivity contribution >= 4 is 11.8 Å². The number of aromatic nitrogens is 4. The zero-order valence-electron chi connectivity index (χ0n) is 19.8. The fourth-order valence-corrected chi connectivity index (χ4v) is 5.20. The summed E-state index contributed by atoms with van der Waals surface area (Å²) in [5, 5.41) is 7.90. The third kappa shape index (κ3) is 4.23. The third-order valence-electron chi connectivity index (χ3n) is 6.92. The third-order valence-corrected chi connectivity index (χ3v) is 6.92. The molecule has 2 amide bonds. The highest BCUT2D eigenvalue weighted by molar-refractivity contribution is 5.93. The summed E-state index contributed by atoms with van der Waals surface area (Å²) in [6.07, 6.45) is 8.02. The number of fused-ring (bicyclic) bond motifs is 1. The quantitative estimate of drug-likeness (QED) is 0.590. The second-order valence-electron chi connectivity index (χ2n) is 9.24. The number of carbonyl (C=O) groups excluding carboxylic acids is 2. The molecular formula is C25H26F2N6O3. The van der Waals surface area contributed by atoms with Crippen molar-refractivity contribution in [2.75, 3.05) is 13.1 Å². The minimum atomic E-state index is -1.03. The van der Waals surface area contributed by atoms with Crippen LogP contribution in [0.1, 0.15) is 43.1 Å². The van der Waals surface area contributed by atoms with Crippen LogP contribution in [-0.2, 0) is 9.53 Å². The van der Waals surface area contributed by atoms with Crippen LogP contribution in [0.15, 0.2) is 66.7 Å². The van der Waals surface area contributed by atoms with E-state index in [0.717, 1.165) is 19.1 Å². The number of amides is 2. The molecule has 3 aliphatic heterocycles. The molecule has 0 aliphatic carbocycles. The van der Waals surface area contributed by atoms with Gasteiger partial charge in [-0.15, -0.1) is 5.10 Å². The number of rotatable bonds is 5. The molecule has 0 N–H and O–H groups in total. The molecule has 2 aromatic rings. The van der Waals surface area contributed by atoms with E-state index in [4.69, 9.17) is 4.74 Å². The number of carbonyl (C=O) groups is 2. The summed E-state index contributed by atoms with van der Waals surface area (Å²) in [4.78, 5) is 34.1. The Balaban J connectivity index is 1.27. The normalized spacial score (nSPS) is 23.9. The van der Waals surface area contributed by atoms with Crippen molar-refractivity contribution in [2.24, 2.45) is 0 Å². The molecular weight excluding hydrogens is 470 g/mol. The molecule has 3 aliphatic rings. The highest BCUT2D eigenvalue weighted by Gasteiger charge is 2.58. The molecule has 5 rings (SSSR count). The number of halogens is 2. The summed E-state index contributed by atoms with van der Waals surface area (Å²) in [5.41, 5.74) is 0.293. The average molecular weight is 497 g/mol. The number of piperidine rings is 1. The largest absolute Gasteiger partial charge is 0.342 e. The fraction of sp³-hybridized carbons (Fsp3) is 0.400. The summed E-state index contributed by atoms with van der Waals surface area (Å²) in [5.74, 6) is -1.82. The Labute approximate surface area is 206 Å². The number of nitrogens with zero attached hydrogens (tertiary/aromatic N) is 6. The van der Waals surface area contributed by atoms with Crippen molar-refractivity contribution in [3.8, 4) is 5.69 Å². The van der Waals surface area contributed by atoms with E-state index in [2.05, 4.69) is 21.9 Å². The summed E-state index contributed by atoms with van der Waals surface area (Å²) in [7, 11) is 0. The summed E-state index contributed by atoms with van der Waals surface area (Å²) in [6, 6.07) is 3.11. The van der Waals surface area contributed by atoms with Crippen molar-refractivity contribution in [3.05, 3.63) is 72.4 Å². The molecule has 1 spiro atoms. The van der Waals surface area contributed by atoms with E-state index in [1.54, 1.807) is 34.3 Å². The second kappa shape index (κ2) is 9.38. The molecule has 9 nitrogen and oxygen atoms in total. The van der Waals surface area contributed by atoms with Gasteiger partial charge >= 0.3 is 0 Å². The summed E-state index contributed by atoms with van der Waals surface area (Å²) >= 11 is 0. The van der Waals surface area contributed by atoms with Crippen molar-refractivity contribution in [3.63, 3.8) is 0 Å². The molecule has 3 saturated heterocycles. The van der Waals surface area contributed by atoms with Crippen LogP contribution in [0.4, 0.5) is 8.78 Å². The molecule has 0 aromatic carbocycles. The molecule has 36 heavy (non-hydrogen) atoms. The van der Waals surface area contributed by atoms with E-state index >= 15 is 0 Å². The van der Waals surface area contributed by atoms with E-state index in [1.807, 2.05) is 0 Å². The maximum atomic E-state index is 14.0. The van der Waals surface area contributed by atoms with Gasteiger partial charge in [0, 0.05) is 38.2 Å². The van der Waals surface area contributed by atoms with Crippen molar-refractivity contribution in [1.82, 2.24) is 29.8 Å². The van der Waals surface area contributed by atoms with Gasteiger partial charge in [0.05, 0.1) is 29.9 Å². The van der Waals surface area contributed by atoms with Gasteiger partial charge in [-0.1, -0.05) is 11.8 Å². The molecule has 0 unspecified atom stereocenters. The fourth-order valence-electron chi connectivity index (χ4n) is 5.20. The Bertz CT molecular complexity index is 1250. The van der Waals surface area contributed by atoms with Crippen LogP contribution in [-0.4, -0.2) is 72.6 Å². The lowest BCUT2D eigenvalue weighted by Gasteiger charge is -2.37. The van der Waals surface area contributed by atoms with Crippen LogP contribution < -0.4 is 0 Å². The zero-order valence-corrected chi connectivity index (χ0v) is 19.8. The van der Waals surface area contributed by atoms with Gasteiger partial charge in [-0.05, 0) is 43.5 Å². The maximum Gasteiger partial charge on any atom is 0.274 e. The lowest BCUT2D eigenvalue weighted by molar-refractivity contribution is -0.142. The molecule has 0 bridgehead atoms. The first kappa shape index (κ1) is 24.0. The van der Waals surface area contributed by atoms with Crippen LogP contribution in [0.25, 0.3) is 5.69 Å². The molecule has 11 heteroatoms. The first-order valence-electron chi connectivity index (χ1n) is 11.8. The lowest BCUT2D eigenvalue weighted by atomic mass is 9.89. The number of likely N-dealkylation sites (tertiary alicyclic amines) is 1. The lowest BCUT2D eigenvalue weighted by Crippen LogP contribution is -2.52. The van der Waals surface area contributed by atoms with E-state index in [0.29, 0.717) is 55.7 Å². The van der Waals surface area contributed by atoms with Gasteiger partial charge in [-0.3, -0.25) is 14.6 Å². The number of ether oxygens (including phenoxy) is 1. The van der Waals surface area contributed by atoms with Gasteiger partial charge in [0.1, 0.15) is 12.1 Å².